The van der Waals surface area contributed by atoms with Crippen LogP contribution in [-0.4, -0.2) is 13.6 Å². The van der Waals surface area contributed by atoms with Crippen molar-refractivity contribution in [2.24, 2.45) is 0 Å². The largest absolute Gasteiger partial charge is 0.398 e. The summed E-state index contributed by atoms with van der Waals surface area (Å²) in [5, 5.41) is 3.57. The quantitative estimate of drug-likeness (QED) is 0.758. The van der Waals surface area contributed by atoms with Gasteiger partial charge in [-0.15, -0.1) is 0 Å². The fourth-order valence-electron chi connectivity index (χ4n) is 1.47. The van der Waals surface area contributed by atoms with Crippen LogP contribution >= 0.6 is 31.9 Å². The molecule has 6 nitrogen and oxygen atoms in total. The van der Waals surface area contributed by atoms with Crippen molar-refractivity contribution in [3.05, 3.63) is 32.9 Å². The molecule has 0 unspecified atom stereocenters. The molecule has 0 bridgehead atoms. The number of sulfonamides is 1. The van der Waals surface area contributed by atoms with E-state index in [1.807, 2.05) is 0 Å². The van der Waals surface area contributed by atoms with Crippen LogP contribution in [0.15, 0.2) is 36.6 Å². The highest BCUT2D eigenvalue weighted by molar-refractivity contribution is 9.11. The average Bonchev–Trinajstić information content (AvgIpc) is 2.60. The molecule has 2 aromatic rings. The van der Waals surface area contributed by atoms with Crippen molar-refractivity contribution in [1.82, 2.24) is 5.16 Å². The van der Waals surface area contributed by atoms with Crippen molar-refractivity contribution in [2.45, 2.75) is 11.8 Å². The highest BCUT2D eigenvalue weighted by Gasteiger charge is 2.23. The summed E-state index contributed by atoms with van der Waals surface area (Å²) in [7, 11) is -3.84. The van der Waals surface area contributed by atoms with Crippen molar-refractivity contribution in [3.63, 3.8) is 0 Å². The number of aryl methyl sites for hydroxylation is 1. The van der Waals surface area contributed by atoms with E-state index in [9.17, 15) is 8.42 Å². The highest BCUT2D eigenvalue weighted by atomic mass is 79.9. The standard InChI is InChI=1S/C10H9Br2N3O3S/c1-5-2-9(14-18-5)15-19(16,17)10-7(12)3-6(11)4-8(10)13/h2-4H,13H2,1H3,(H,14,15). The van der Waals surface area contributed by atoms with E-state index in [1.54, 1.807) is 13.0 Å². The minimum atomic E-state index is -3.84. The molecule has 9 heteroatoms. The first-order valence-electron chi connectivity index (χ1n) is 5.00. The van der Waals surface area contributed by atoms with E-state index in [4.69, 9.17) is 10.3 Å². The normalized spacial score (nSPS) is 11.5. The van der Waals surface area contributed by atoms with Gasteiger partial charge in [-0.1, -0.05) is 21.1 Å². The molecule has 2 rings (SSSR count). The third kappa shape index (κ3) is 3.10. The molecular formula is C10H9Br2N3O3S. The predicted octanol–water partition coefficient (Wildman–Crippen LogP) is 2.89. The Morgan fingerprint density at radius 2 is 2.00 bits per heavy atom. The van der Waals surface area contributed by atoms with Crippen molar-refractivity contribution in [3.8, 4) is 0 Å². The molecule has 0 saturated heterocycles. The van der Waals surface area contributed by atoms with E-state index in [0.29, 0.717) is 14.7 Å². The van der Waals surface area contributed by atoms with E-state index in [1.165, 1.54) is 12.1 Å². The summed E-state index contributed by atoms with van der Waals surface area (Å²) in [6.45, 7) is 1.66. The second kappa shape index (κ2) is 5.14. The molecule has 0 atom stereocenters. The third-order valence-electron chi connectivity index (χ3n) is 2.17. The van der Waals surface area contributed by atoms with Gasteiger partial charge in [0.25, 0.3) is 10.0 Å². The monoisotopic (exact) mass is 409 g/mol. The molecule has 0 fully saturated rings. The third-order valence-corrected chi connectivity index (χ3v) is 4.99. The molecule has 0 saturated carbocycles. The van der Waals surface area contributed by atoms with Crippen molar-refractivity contribution < 1.29 is 12.9 Å². The van der Waals surface area contributed by atoms with Crippen molar-refractivity contribution in [1.29, 1.82) is 0 Å². The van der Waals surface area contributed by atoms with Gasteiger partial charge in [-0.3, -0.25) is 4.72 Å². The fraction of sp³-hybridized carbons (Fsp3) is 0.100. The number of halogens is 2. The molecule has 1 heterocycles. The number of aromatic nitrogens is 1. The van der Waals surface area contributed by atoms with Crippen LogP contribution in [0.4, 0.5) is 11.5 Å². The smallest absolute Gasteiger partial charge is 0.266 e. The van der Waals surface area contributed by atoms with Gasteiger partial charge in [0, 0.05) is 15.0 Å². The number of nitrogen functional groups attached to an aromatic ring is 1. The summed E-state index contributed by atoms with van der Waals surface area (Å²) in [5.74, 6) is 0.604. The van der Waals surface area contributed by atoms with Crippen LogP contribution < -0.4 is 10.5 Å². The Morgan fingerprint density at radius 1 is 1.32 bits per heavy atom. The van der Waals surface area contributed by atoms with Gasteiger partial charge in [-0.05, 0) is 35.0 Å². The number of rotatable bonds is 3. The predicted molar refractivity (Wildman–Crippen MR) is 78.3 cm³/mol. The van der Waals surface area contributed by atoms with Crippen LogP contribution in [-0.2, 0) is 10.0 Å². The van der Waals surface area contributed by atoms with Crippen LogP contribution in [0, 0.1) is 6.92 Å². The zero-order valence-electron chi connectivity index (χ0n) is 9.65. The Balaban J connectivity index is 2.45. The molecule has 19 heavy (non-hydrogen) atoms. The van der Waals surface area contributed by atoms with Crippen LogP contribution in [0.3, 0.4) is 0 Å². The second-order valence-electron chi connectivity index (χ2n) is 3.73. The Hall–Kier alpha value is -1.06. The summed E-state index contributed by atoms with van der Waals surface area (Å²) < 4.78 is 32.6. The maximum Gasteiger partial charge on any atom is 0.266 e. The molecule has 3 N–H and O–H groups in total. The molecule has 0 spiro atoms. The molecule has 0 aliphatic heterocycles. The first-order valence-corrected chi connectivity index (χ1v) is 8.07. The van der Waals surface area contributed by atoms with Crippen LogP contribution in [0.1, 0.15) is 5.76 Å². The van der Waals surface area contributed by atoms with Gasteiger partial charge in [0.1, 0.15) is 10.7 Å². The van der Waals surface area contributed by atoms with Crippen molar-refractivity contribution in [2.75, 3.05) is 10.5 Å². The lowest BCUT2D eigenvalue weighted by atomic mass is 10.3. The maximum absolute atomic E-state index is 12.2. The Kier molecular flexibility index (Phi) is 3.88. The van der Waals surface area contributed by atoms with E-state index >= 15 is 0 Å². The minimum Gasteiger partial charge on any atom is -0.398 e. The molecule has 102 valence electrons. The molecule has 0 aliphatic rings. The Morgan fingerprint density at radius 3 is 2.53 bits per heavy atom. The zero-order valence-corrected chi connectivity index (χ0v) is 13.6. The SMILES string of the molecule is Cc1cc(NS(=O)(=O)c2c(N)cc(Br)cc2Br)no1. The van der Waals surface area contributed by atoms with Gasteiger partial charge >= 0.3 is 0 Å². The van der Waals surface area contributed by atoms with E-state index in [-0.39, 0.29) is 16.4 Å². The number of benzene rings is 1. The highest BCUT2D eigenvalue weighted by Crippen LogP contribution is 2.32. The molecule has 0 aliphatic carbocycles. The zero-order chi connectivity index (χ0) is 14.2. The van der Waals surface area contributed by atoms with Crippen LogP contribution in [0.5, 0.6) is 0 Å². The van der Waals surface area contributed by atoms with Crippen LogP contribution in [0.2, 0.25) is 0 Å². The Bertz CT molecular complexity index is 704. The van der Waals surface area contributed by atoms with E-state index in [0.717, 1.165) is 0 Å². The summed E-state index contributed by atoms with van der Waals surface area (Å²) in [4.78, 5) is -0.0450. The molecule has 0 amide bonds. The average molecular weight is 411 g/mol. The van der Waals surface area contributed by atoms with Gasteiger partial charge in [-0.25, -0.2) is 8.42 Å². The topological polar surface area (TPSA) is 98.2 Å². The van der Waals surface area contributed by atoms with Gasteiger partial charge in [0.15, 0.2) is 5.82 Å². The number of nitrogens with one attached hydrogen (secondary N) is 1. The lowest BCUT2D eigenvalue weighted by molar-refractivity contribution is 0.400. The number of anilines is 2. The summed E-state index contributed by atoms with van der Waals surface area (Å²) in [6.07, 6.45) is 0. The summed E-state index contributed by atoms with van der Waals surface area (Å²) >= 11 is 6.41. The van der Waals surface area contributed by atoms with Crippen LogP contribution in [0.25, 0.3) is 0 Å². The van der Waals surface area contributed by atoms with E-state index < -0.39 is 10.0 Å². The maximum atomic E-state index is 12.2. The number of nitrogens with two attached hydrogens (primary N) is 1. The molecule has 0 radical (unpaired) electrons. The number of nitrogens with zero attached hydrogens (tertiary/aromatic N) is 1. The fourth-order valence-corrected chi connectivity index (χ4v) is 4.52. The Labute approximate surface area is 126 Å². The molecular weight excluding hydrogens is 402 g/mol. The molecule has 1 aromatic carbocycles. The van der Waals surface area contributed by atoms with Gasteiger partial charge in [-0.2, -0.15) is 0 Å². The van der Waals surface area contributed by atoms with Gasteiger partial charge in [0.05, 0.1) is 5.69 Å². The first kappa shape index (κ1) is 14.4. The van der Waals surface area contributed by atoms with Gasteiger partial charge < -0.3 is 10.3 Å². The molecule has 1 aromatic heterocycles. The number of hydrogen-bond acceptors (Lipinski definition) is 5. The first-order chi connectivity index (χ1) is 8.79. The lowest BCUT2D eigenvalue weighted by Gasteiger charge is -2.10. The minimum absolute atomic E-state index is 0.0450. The summed E-state index contributed by atoms with van der Waals surface area (Å²) in [5.41, 5.74) is 5.86. The van der Waals surface area contributed by atoms with Crippen molar-refractivity contribution >= 4 is 53.4 Å². The summed E-state index contributed by atoms with van der Waals surface area (Å²) in [6, 6.07) is 4.58. The number of hydrogen-bond donors (Lipinski definition) is 2. The lowest BCUT2D eigenvalue weighted by Crippen LogP contribution is -2.15. The second-order valence-corrected chi connectivity index (χ2v) is 7.12. The van der Waals surface area contributed by atoms with Gasteiger partial charge in [0.2, 0.25) is 0 Å². The van der Waals surface area contributed by atoms with E-state index in [2.05, 4.69) is 41.7 Å².